The van der Waals surface area contributed by atoms with Crippen LogP contribution in [0.5, 0.6) is 0 Å². The molecule has 0 aromatic rings. The fourth-order valence-corrected chi connectivity index (χ4v) is 15.1. The Bertz CT molecular complexity index is 162. The molecule has 0 bridgehead atoms. The lowest BCUT2D eigenvalue weighted by molar-refractivity contribution is 0.623. The normalized spacial score (nSPS) is 13.6. The van der Waals surface area contributed by atoms with Crippen molar-refractivity contribution in [2.75, 3.05) is 0 Å². The van der Waals surface area contributed by atoms with Gasteiger partial charge in [-0.05, 0) is 9.76 Å². The summed E-state index contributed by atoms with van der Waals surface area (Å²) in [5, 5.41) is 0. The van der Waals surface area contributed by atoms with E-state index in [0.717, 1.165) is 0 Å². The Labute approximate surface area is 130 Å². The summed E-state index contributed by atoms with van der Waals surface area (Å²) in [5.74, 6) is 0. The van der Waals surface area contributed by atoms with Crippen LogP contribution in [-0.4, -0.2) is 26.6 Å². The molecular weight excluding hydrogens is 276 g/mol. The van der Waals surface area contributed by atoms with E-state index < -0.39 is 0 Å². The summed E-state index contributed by atoms with van der Waals surface area (Å²) < 4.78 is 0. The standard InChI is InChI=1S/C16H40Si3/c1-3-5-7-9-11-13-15-18-19(17)16-14-12-10-8-6-4-2/h19H,3-16,18H2,1-2,17H3. The minimum absolute atomic E-state index is 0.0481. The van der Waals surface area contributed by atoms with Crippen LogP contribution in [0.25, 0.3) is 0 Å². The summed E-state index contributed by atoms with van der Waals surface area (Å²) in [6.45, 7) is 4.63. The lowest BCUT2D eigenvalue weighted by Crippen LogP contribution is -2.22. The van der Waals surface area contributed by atoms with E-state index >= 15 is 0 Å². The molecule has 0 fully saturated rings. The Morgan fingerprint density at radius 3 is 1.74 bits per heavy atom. The molecule has 0 nitrogen and oxygen atoms in total. The molecule has 116 valence electrons. The molecule has 1 atom stereocenters. The predicted octanol–water partition coefficient (Wildman–Crippen LogP) is 3.88. The van der Waals surface area contributed by atoms with E-state index in [4.69, 9.17) is 0 Å². The van der Waals surface area contributed by atoms with Gasteiger partial charge >= 0.3 is 0 Å². The number of rotatable bonds is 15. The molecule has 0 saturated heterocycles. The zero-order valence-corrected chi connectivity index (χ0v) is 18.8. The molecule has 1 unspecified atom stereocenters. The Hall–Kier alpha value is 0.651. The van der Waals surface area contributed by atoms with Crippen molar-refractivity contribution in [3.63, 3.8) is 0 Å². The maximum Gasteiger partial charge on any atom is 0.00905 e. The fourth-order valence-electron chi connectivity index (χ4n) is 2.87. The van der Waals surface area contributed by atoms with Gasteiger partial charge in [0, 0.05) is 16.9 Å². The van der Waals surface area contributed by atoms with E-state index in [9.17, 15) is 0 Å². The minimum atomic E-state index is -0.0481. The van der Waals surface area contributed by atoms with E-state index in [2.05, 4.69) is 13.8 Å². The number of unbranched alkanes of at least 4 members (excludes halogenated alkanes) is 10. The molecule has 0 aromatic heterocycles. The monoisotopic (exact) mass is 316 g/mol. The van der Waals surface area contributed by atoms with Crippen LogP contribution in [0.3, 0.4) is 0 Å². The Kier molecular flexibility index (Phi) is 17.3. The molecule has 0 aliphatic carbocycles. The molecule has 0 aliphatic rings. The molecule has 0 amide bonds. The maximum atomic E-state index is 2.31. The molecule has 0 heterocycles. The average molecular weight is 317 g/mol. The third-order valence-corrected chi connectivity index (χ3v) is 20.0. The third kappa shape index (κ3) is 16.6. The highest BCUT2D eigenvalue weighted by atomic mass is 29.5. The van der Waals surface area contributed by atoms with Crippen LogP contribution < -0.4 is 0 Å². The quantitative estimate of drug-likeness (QED) is 0.318. The second kappa shape index (κ2) is 16.7. The van der Waals surface area contributed by atoms with Gasteiger partial charge in [0.15, 0.2) is 0 Å². The zero-order chi connectivity index (χ0) is 14.2. The molecule has 0 aliphatic heterocycles. The van der Waals surface area contributed by atoms with Crippen molar-refractivity contribution in [3.05, 3.63) is 0 Å². The first-order valence-corrected chi connectivity index (χ1v) is 19.0. The largest absolute Gasteiger partial charge is 0.0654 e. The second-order valence-electron chi connectivity index (χ2n) is 6.57. The first-order chi connectivity index (χ1) is 9.31. The highest BCUT2D eigenvalue weighted by Crippen LogP contribution is 2.10. The van der Waals surface area contributed by atoms with Gasteiger partial charge in [0.05, 0.1) is 0 Å². The smallest absolute Gasteiger partial charge is 0.00905 e. The first kappa shape index (κ1) is 19.7. The summed E-state index contributed by atoms with van der Waals surface area (Å²) in [5.41, 5.74) is 0. The van der Waals surface area contributed by atoms with Gasteiger partial charge in [-0.15, -0.1) is 0 Å². The molecule has 3 heteroatoms. The van der Waals surface area contributed by atoms with Crippen LogP contribution >= 0.6 is 0 Å². The molecule has 0 aromatic carbocycles. The van der Waals surface area contributed by atoms with Crippen molar-refractivity contribution in [3.8, 4) is 0 Å². The lowest BCUT2D eigenvalue weighted by atomic mass is 10.1. The topological polar surface area (TPSA) is 0 Å². The van der Waals surface area contributed by atoms with Crippen molar-refractivity contribution in [2.45, 2.75) is 103 Å². The third-order valence-electron chi connectivity index (χ3n) is 4.35. The van der Waals surface area contributed by atoms with Crippen molar-refractivity contribution in [1.29, 1.82) is 0 Å². The van der Waals surface area contributed by atoms with Gasteiger partial charge in [0.25, 0.3) is 0 Å². The zero-order valence-electron chi connectivity index (χ0n) is 14.2. The van der Waals surface area contributed by atoms with Crippen LogP contribution in [0.4, 0.5) is 0 Å². The van der Waals surface area contributed by atoms with Crippen molar-refractivity contribution < 1.29 is 0 Å². The lowest BCUT2D eigenvalue weighted by Gasteiger charge is -2.09. The minimum Gasteiger partial charge on any atom is -0.0654 e. The van der Waals surface area contributed by atoms with Gasteiger partial charge in [-0.1, -0.05) is 103 Å². The van der Waals surface area contributed by atoms with E-state index in [0.29, 0.717) is 9.04 Å². The molecule has 0 radical (unpaired) electrons. The van der Waals surface area contributed by atoms with Crippen molar-refractivity contribution in [1.82, 2.24) is 0 Å². The van der Waals surface area contributed by atoms with Crippen LogP contribution in [0.2, 0.25) is 12.1 Å². The van der Waals surface area contributed by atoms with Gasteiger partial charge in [-0.2, -0.15) is 0 Å². The molecule has 0 saturated carbocycles. The van der Waals surface area contributed by atoms with Gasteiger partial charge in [-0.25, -0.2) is 0 Å². The van der Waals surface area contributed by atoms with Crippen molar-refractivity contribution >= 4 is 26.6 Å². The fraction of sp³-hybridized carbons (Fsp3) is 1.00. The van der Waals surface area contributed by atoms with Gasteiger partial charge in [0.2, 0.25) is 0 Å². The Morgan fingerprint density at radius 2 is 1.16 bits per heavy atom. The first-order valence-electron chi connectivity index (χ1n) is 9.31. The molecule has 0 N–H and O–H groups in total. The highest BCUT2D eigenvalue weighted by molar-refractivity contribution is 7.34. The van der Waals surface area contributed by atoms with Gasteiger partial charge in [-0.3, -0.25) is 0 Å². The predicted molar refractivity (Wildman–Crippen MR) is 102 cm³/mol. The average Bonchev–Trinajstić information content (AvgIpc) is 2.41. The summed E-state index contributed by atoms with van der Waals surface area (Å²) in [7, 11) is 2.03. The van der Waals surface area contributed by atoms with Crippen molar-refractivity contribution in [2.24, 2.45) is 0 Å². The van der Waals surface area contributed by atoms with E-state index in [-0.39, 0.29) is 7.83 Å². The number of hydrogen-bond acceptors (Lipinski definition) is 0. The van der Waals surface area contributed by atoms with Gasteiger partial charge < -0.3 is 0 Å². The van der Waals surface area contributed by atoms with Crippen LogP contribution in [0, 0.1) is 0 Å². The highest BCUT2D eigenvalue weighted by Gasteiger charge is 2.04. The summed E-state index contributed by atoms with van der Waals surface area (Å²) in [6.07, 6.45) is 18.1. The second-order valence-corrected chi connectivity index (χ2v) is 26.4. The number of hydrogen-bond donors (Lipinski definition) is 0. The molecule has 0 rings (SSSR count). The summed E-state index contributed by atoms with van der Waals surface area (Å²) in [4.78, 5) is 0. The van der Waals surface area contributed by atoms with Crippen LogP contribution in [0.1, 0.15) is 90.9 Å². The Balaban J connectivity index is 3.10. The molecular formula is C16H40Si3. The Morgan fingerprint density at radius 1 is 0.684 bits per heavy atom. The van der Waals surface area contributed by atoms with Crippen LogP contribution in [0.15, 0.2) is 0 Å². The van der Waals surface area contributed by atoms with E-state index in [1.54, 1.807) is 47.5 Å². The van der Waals surface area contributed by atoms with E-state index in [1.165, 1.54) is 51.4 Å². The maximum absolute atomic E-state index is 2.31. The van der Waals surface area contributed by atoms with E-state index in [1.807, 2.05) is 0 Å². The summed E-state index contributed by atoms with van der Waals surface area (Å²) >= 11 is 0. The SMILES string of the molecule is CCCCCCCC[SiH2][SiH]([SiH3])CCCCCCCC. The molecule has 19 heavy (non-hydrogen) atoms. The molecule has 0 spiro atoms. The van der Waals surface area contributed by atoms with Gasteiger partial charge in [0.1, 0.15) is 0 Å². The summed E-state index contributed by atoms with van der Waals surface area (Å²) in [6, 6.07) is 3.45. The van der Waals surface area contributed by atoms with Crippen LogP contribution in [-0.2, 0) is 0 Å².